The topological polar surface area (TPSA) is 12.5 Å². The van der Waals surface area contributed by atoms with Gasteiger partial charge in [-0.25, -0.2) is 0 Å². The van der Waals surface area contributed by atoms with Crippen molar-refractivity contribution in [3.63, 3.8) is 0 Å². The number of likely N-dealkylation sites (tertiary alicyclic amines) is 1. The van der Waals surface area contributed by atoms with E-state index in [1.54, 1.807) is 0 Å². The van der Waals surface area contributed by atoms with Gasteiger partial charge in [-0.05, 0) is 50.8 Å². The molecule has 2 rings (SSSR count). The summed E-state index contributed by atoms with van der Waals surface area (Å²) in [7, 11) is 0. The molecule has 1 heterocycles. The average Bonchev–Trinajstić information content (AvgIpc) is 2.40. The van der Waals surface area contributed by atoms with Crippen LogP contribution in [0.5, 0.6) is 5.75 Å². The van der Waals surface area contributed by atoms with Crippen LogP contribution in [0.3, 0.4) is 0 Å². The van der Waals surface area contributed by atoms with Gasteiger partial charge in [-0.15, -0.1) is 0 Å². The highest BCUT2D eigenvalue weighted by molar-refractivity contribution is 5.27. The third kappa shape index (κ3) is 3.49. The molecule has 0 aliphatic carbocycles. The van der Waals surface area contributed by atoms with Gasteiger partial charge in [0, 0.05) is 19.1 Å². The molecule has 1 aliphatic rings. The third-order valence-corrected chi connectivity index (χ3v) is 3.84. The molecule has 0 unspecified atom stereocenters. The molecule has 0 aromatic heterocycles. The minimum atomic E-state index is 0.396. The molecular formula is C16H25NO. The number of ether oxygens (including phenoxy) is 1. The maximum atomic E-state index is 6.06. The summed E-state index contributed by atoms with van der Waals surface area (Å²) in [4.78, 5) is 2.53. The van der Waals surface area contributed by atoms with E-state index in [1.807, 2.05) is 0 Å². The highest BCUT2D eigenvalue weighted by atomic mass is 16.5. The van der Waals surface area contributed by atoms with E-state index < -0.39 is 0 Å². The van der Waals surface area contributed by atoms with E-state index in [-0.39, 0.29) is 0 Å². The van der Waals surface area contributed by atoms with Gasteiger partial charge in [0.2, 0.25) is 0 Å². The van der Waals surface area contributed by atoms with Crippen molar-refractivity contribution in [2.75, 3.05) is 13.1 Å². The third-order valence-electron chi connectivity index (χ3n) is 3.84. The van der Waals surface area contributed by atoms with Gasteiger partial charge in [0.1, 0.15) is 11.9 Å². The molecule has 1 aliphatic heterocycles. The molecule has 1 fully saturated rings. The van der Waals surface area contributed by atoms with Gasteiger partial charge in [-0.1, -0.05) is 19.1 Å². The zero-order valence-corrected chi connectivity index (χ0v) is 11.9. The molecule has 1 aromatic carbocycles. The highest BCUT2D eigenvalue weighted by Gasteiger charge is 2.21. The summed E-state index contributed by atoms with van der Waals surface area (Å²) in [5, 5.41) is 0. The van der Waals surface area contributed by atoms with Crippen LogP contribution in [-0.4, -0.2) is 30.1 Å². The SMILES string of the molecule is CCc1ccc(OC2CCN(C(C)C)CC2)cc1. The summed E-state index contributed by atoms with van der Waals surface area (Å²) in [6.07, 6.45) is 3.78. The fourth-order valence-corrected chi connectivity index (χ4v) is 2.51. The molecule has 1 aromatic rings. The molecule has 18 heavy (non-hydrogen) atoms. The first-order valence-electron chi connectivity index (χ1n) is 7.18. The second-order valence-corrected chi connectivity index (χ2v) is 5.44. The molecule has 0 spiro atoms. The molecule has 2 heteroatoms. The summed E-state index contributed by atoms with van der Waals surface area (Å²) in [5.74, 6) is 1.02. The fraction of sp³-hybridized carbons (Fsp3) is 0.625. The lowest BCUT2D eigenvalue weighted by molar-refractivity contribution is 0.0843. The smallest absolute Gasteiger partial charge is 0.119 e. The van der Waals surface area contributed by atoms with Crippen LogP contribution >= 0.6 is 0 Å². The maximum absolute atomic E-state index is 6.06. The Balaban J connectivity index is 1.83. The molecule has 0 saturated carbocycles. The number of piperidine rings is 1. The van der Waals surface area contributed by atoms with Crippen LogP contribution in [0.1, 0.15) is 39.2 Å². The predicted octanol–water partition coefficient (Wildman–Crippen LogP) is 3.50. The Bertz CT molecular complexity index is 350. The van der Waals surface area contributed by atoms with E-state index in [0.717, 1.165) is 38.1 Å². The van der Waals surface area contributed by atoms with Crippen molar-refractivity contribution in [2.24, 2.45) is 0 Å². The van der Waals surface area contributed by atoms with Gasteiger partial charge in [0.25, 0.3) is 0 Å². The Hall–Kier alpha value is -1.02. The minimum absolute atomic E-state index is 0.396. The van der Waals surface area contributed by atoms with Crippen molar-refractivity contribution in [3.8, 4) is 5.75 Å². The molecule has 0 radical (unpaired) electrons. The Labute approximate surface area is 111 Å². The lowest BCUT2D eigenvalue weighted by Crippen LogP contribution is -2.41. The van der Waals surface area contributed by atoms with E-state index in [2.05, 4.69) is 49.9 Å². The lowest BCUT2D eigenvalue weighted by Gasteiger charge is -2.34. The number of aryl methyl sites for hydroxylation is 1. The standard InChI is InChI=1S/C16H25NO/c1-4-14-5-7-15(8-6-14)18-16-9-11-17(12-10-16)13(2)3/h5-8,13,16H,4,9-12H2,1-3H3. The first-order valence-corrected chi connectivity index (χ1v) is 7.18. The van der Waals surface area contributed by atoms with Crippen molar-refractivity contribution in [2.45, 2.75) is 52.2 Å². The van der Waals surface area contributed by atoms with Gasteiger partial charge in [-0.2, -0.15) is 0 Å². The number of nitrogens with zero attached hydrogens (tertiary/aromatic N) is 1. The van der Waals surface area contributed by atoms with Gasteiger partial charge >= 0.3 is 0 Å². The Morgan fingerprint density at radius 3 is 2.28 bits per heavy atom. The summed E-state index contributed by atoms with van der Waals surface area (Å²) in [6, 6.07) is 9.20. The van der Waals surface area contributed by atoms with E-state index in [0.29, 0.717) is 12.1 Å². The summed E-state index contributed by atoms with van der Waals surface area (Å²) in [5.41, 5.74) is 1.37. The van der Waals surface area contributed by atoms with Crippen molar-refractivity contribution >= 4 is 0 Å². The van der Waals surface area contributed by atoms with Crippen LogP contribution in [0.2, 0.25) is 0 Å². The highest BCUT2D eigenvalue weighted by Crippen LogP contribution is 2.20. The van der Waals surface area contributed by atoms with E-state index in [9.17, 15) is 0 Å². The van der Waals surface area contributed by atoms with Gasteiger partial charge in [0.15, 0.2) is 0 Å². The quantitative estimate of drug-likeness (QED) is 0.807. The Kier molecular flexibility index (Phi) is 4.65. The predicted molar refractivity (Wildman–Crippen MR) is 76.2 cm³/mol. The van der Waals surface area contributed by atoms with E-state index >= 15 is 0 Å². The van der Waals surface area contributed by atoms with Gasteiger partial charge in [0.05, 0.1) is 0 Å². The second kappa shape index (κ2) is 6.24. The van der Waals surface area contributed by atoms with Gasteiger partial charge in [-0.3, -0.25) is 0 Å². The van der Waals surface area contributed by atoms with Crippen LogP contribution < -0.4 is 4.74 Å². The van der Waals surface area contributed by atoms with Crippen LogP contribution in [0, 0.1) is 0 Å². The largest absolute Gasteiger partial charge is 0.490 e. The number of hydrogen-bond donors (Lipinski definition) is 0. The van der Waals surface area contributed by atoms with E-state index in [1.165, 1.54) is 5.56 Å². The van der Waals surface area contributed by atoms with Crippen LogP contribution in [0.25, 0.3) is 0 Å². The minimum Gasteiger partial charge on any atom is -0.490 e. The number of benzene rings is 1. The zero-order chi connectivity index (χ0) is 13.0. The summed E-state index contributed by atoms with van der Waals surface area (Å²) in [6.45, 7) is 9.04. The first kappa shape index (κ1) is 13.4. The molecule has 100 valence electrons. The second-order valence-electron chi connectivity index (χ2n) is 5.44. The van der Waals surface area contributed by atoms with Gasteiger partial charge < -0.3 is 9.64 Å². The molecule has 0 bridgehead atoms. The average molecular weight is 247 g/mol. The fourth-order valence-electron chi connectivity index (χ4n) is 2.51. The molecule has 1 saturated heterocycles. The molecule has 0 N–H and O–H groups in total. The first-order chi connectivity index (χ1) is 8.69. The van der Waals surface area contributed by atoms with Crippen LogP contribution in [-0.2, 0) is 6.42 Å². The van der Waals surface area contributed by atoms with Crippen molar-refractivity contribution in [1.29, 1.82) is 0 Å². The zero-order valence-electron chi connectivity index (χ0n) is 11.9. The molecule has 0 amide bonds. The van der Waals surface area contributed by atoms with Crippen molar-refractivity contribution in [1.82, 2.24) is 4.90 Å². The molecule has 0 atom stereocenters. The van der Waals surface area contributed by atoms with E-state index in [4.69, 9.17) is 4.74 Å². The monoisotopic (exact) mass is 247 g/mol. The molecule has 2 nitrogen and oxygen atoms in total. The summed E-state index contributed by atoms with van der Waals surface area (Å²) >= 11 is 0. The Morgan fingerprint density at radius 1 is 1.17 bits per heavy atom. The van der Waals surface area contributed by atoms with Crippen LogP contribution in [0.15, 0.2) is 24.3 Å². The maximum Gasteiger partial charge on any atom is 0.119 e. The van der Waals surface area contributed by atoms with Crippen molar-refractivity contribution in [3.05, 3.63) is 29.8 Å². The number of rotatable bonds is 4. The van der Waals surface area contributed by atoms with Crippen LogP contribution in [0.4, 0.5) is 0 Å². The van der Waals surface area contributed by atoms with Crippen molar-refractivity contribution < 1.29 is 4.74 Å². The Morgan fingerprint density at radius 2 is 1.78 bits per heavy atom. The molecular weight excluding hydrogens is 222 g/mol. The normalized spacial score (nSPS) is 18.2. The number of hydrogen-bond acceptors (Lipinski definition) is 2. The lowest BCUT2D eigenvalue weighted by atomic mass is 10.1. The summed E-state index contributed by atoms with van der Waals surface area (Å²) < 4.78 is 6.06.